The van der Waals surface area contributed by atoms with Gasteiger partial charge in [-0.05, 0) is 11.2 Å². The van der Waals surface area contributed by atoms with Crippen LogP contribution in [-0.4, -0.2) is 5.62 Å². The second-order valence-corrected chi connectivity index (χ2v) is 6.52. The lowest BCUT2D eigenvalue weighted by Gasteiger charge is -2.04. The molecule has 0 aromatic heterocycles. The van der Waals surface area contributed by atoms with Gasteiger partial charge in [-0.2, -0.15) is 0 Å². The Kier molecular flexibility index (Phi) is 3.00. The third-order valence-electron chi connectivity index (χ3n) is 1.30. The standard InChI is InChI=1S/C7H7Cl2OP/c8-6-11(9,10)7-4-2-1-3-5-7/h1-5H,6H2. The van der Waals surface area contributed by atoms with Crippen LogP contribution in [0.4, 0.5) is 0 Å². The van der Waals surface area contributed by atoms with Gasteiger partial charge in [0.05, 0.1) is 5.62 Å². The van der Waals surface area contributed by atoms with Gasteiger partial charge in [0.25, 0.3) is 0 Å². The molecule has 0 heterocycles. The Morgan fingerprint density at radius 1 is 1.27 bits per heavy atom. The van der Waals surface area contributed by atoms with Crippen molar-refractivity contribution in [1.82, 2.24) is 0 Å². The van der Waals surface area contributed by atoms with Crippen molar-refractivity contribution in [1.29, 1.82) is 0 Å². The second-order valence-electron chi connectivity index (χ2n) is 2.11. The molecule has 1 aromatic rings. The zero-order valence-corrected chi connectivity index (χ0v) is 8.11. The molecule has 0 N–H and O–H groups in total. The lowest BCUT2D eigenvalue weighted by molar-refractivity contribution is 0.592. The van der Waals surface area contributed by atoms with Crippen LogP contribution in [0.1, 0.15) is 0 Å². The number of alkyl halides is 1. The van der Waals surface area contributed by atoms with Crippen LogP contribution in [0.25, 0.3) is 0 Å². The first-order valence-electron chi connectivity index (χ1n) is 3.07. The predicted molar refractivity (Wildman–Crippen MR) is 50.3 cm³/mol. The molecule has 0 aliphatic heterocycles. The molecule has 0 aliphatic carbocycles. The molecule has 0 amide bonds. The summed E-state index contributed by atoms with van der Waals surface area (Å²) in [6, 6.07) is 8.86. The van der Waals surface area contributed by atoms with Crippen LogP contribution in [0, 0.1) is 0 Å². The molecule has 1 aromatic carbocycles. The molecule has 11 heavy (non-hydrogen) atoms. The van der Waals surface area contributed by atoms with Crippen molar-refractivity contribution in [3.05, 3.63) is 30.3 Å². The third kappa shape index (κ3) is 2.23. The highest BCUT2D eigenvalue weighted by atomic mass is 35.7. The Balaban J connectivity index is 3.03. The van der Waals surface area contributed by atoms with Crippen molar-refractivity contribution in [3.8, 4) is 0 Å². The molecule has 0 saturated heterocycles. The molecule has 0 saturated carbocycles. The number of hydrogen-bond donors (Lipinski definition) is 0. The molecule has 1 nitrogen and oxygen atoms in total. The Hall–Kier alpha value is 0.0300. The van der Waals surface area contributed by atoms with Crippen molar-refractivity contribution in [2.75, 3.05) is 5.62 Å². The minimum Gasteiger partial charge on any atom is -0.300 e. The van der Waals surface area contributed by atoms with Crippen molar-refractivity contribution < 1.29 is 4.57 Å². The van der Waals surface area contributed by atoms with Crippen LogP contribution in [-0.2, 0) is 4.57 Å². The maximum atomic E-state index is 11.4. The van der Waals surface area contributed by atoms with E-state index in [0.717, 1.165) is 0 Å². The Morgan fingerprint density at radius 3 is 2.27 bits per heavy atom. The molecule has 0 aliphatic rings. The molecule has 1 atom stereocenters. The van der Waals surface area contributed by atoms with Gasteiger partial charge in [0, 0.05) is 5.30 Å². The van der Waals surface area contributed by atoms with Gasteiger partial charge in [-0.25, -0.2) is 0 Å². The van der Waals surface area contributed by atoms with Gasteiger partial charge in [0.1, 0.15) is 0 Å². The fourth-order valence-corrected chi connectivity index (χ4v) is 2.23. The summed E-state index contributed by atoms with van der Waals surface area (Å²) < 4.78 is 11.4. The van der Waals surface area contributed by atoms with E-state index >= 15 is 0 Å². The van der Waals surface area contributed by atoms with Crippen LogP contribution in [0.5, 0.6) is 0 Å². The zero-order chi connectivity index (χ0) is 8.32. The minimum atomic E-state index is -2.79. The highest BCUT2D eigenvalue weighted by Crippen LogP contribution is 2.50. The lowest BCUT2D eigenvalue weighted by Crippen LogP contribution is -1.99. The summed E-state index contributed by atoms with van der Waals surface area (Å²) in [4.78, 5) is 0. The first kappa shape index (κ1) is 9.12. The van der Waals surface area contributed by atoms with E-state index in [1.807, 2.05) is 6.07 Å². The van der Waals surface area contributed by atoms with Gasteiger partial charge >= 0.3 is 0 Å². The minimum absolute atomic E-state index is 0.0153. The van der Waals surface area contributed by atoms with Gasteiger partial charge < -0.3 is 4.57 Å². The van der Waals surface area contributed by atoms with E-state index < -0.39 is 6.49 Å². The Labute approximate surface area is 75.5 Å². The SMILES string of the molecule is O=P(Cl)(CCl)c1ccccc1. The summed E-state index contributed by atoms with van der Waals surface area (Å²) in [6.07, 6.45) is 0. The lowest BCUT2D eigenvalue weighted by atomic mass is 10.4. The van der Waals surface area contributed by atoms with E-state index in [9.17, 15) is 4.57 Å². The Bertz CT molecular complexity index is 273. The van der Waals surface area contributed by atoms with E-state index in [1.54, 1.807) is 24.3 Å². The van der Waals surface area contributed by atoms with Crippen molar-refractivity contribution in [3.63, 3.8) is 0 Å². The third-order valence-corrected chi connectivity index (χ3v) is 4.99. The zero-order valence-electron chi connectivity index (χ0n) is 5.71. The van der Waals surface area contributed by atoms with Crippen molar-refractivity contribution in [2.45, 2.75) is 0 Å². The first-order chi connectivity index (χ1) is 5.17. The Morgan fingerprint density at radius 2 is 1.82 bits per heavy atom. The van der Waals surface area contributed by atoms with Gasteiger partial charge in [-0.15, -0.1) is 11.6 Å². The molecule has 1 unspecified atom stereocenters. The fourth-order valence-electron chi connectivity index (χ4n) is 0.720. The van der Waals surface area contributed by atoms with Crippen LogP contribution in [0.15, 0.2) is 30.3 Å². The molecular formula is C7H7Cl2OP. The highest BCUT2D eigenvalue weighted by molar-refractivity contribution is 7.95. The average molecular weight is 209 g/mol. The second kappa shape index (κ2) is 3.62. The van der Waals surface area contributed by atoms with Gasteiger partial charge in [0.2, 0.25) is 6.49 Å². The summed E-state index contributed by atoms with van der Waals surface area (Å²) in [5, 5.41) is 0.622. The van der Waals surface area contributed by atoms with E-state index in [0.29, 0.717) is 5.30 Å². The average Bonchev–Trinajstić information content (AvgIpc) is 2.06. The van der Waals surface area contributed by atoms with Crippen LogP contribution < -0.4 is 5.30 Å². The molecule has 60 valence electrons. The normalized spacial score (nSPS) is 15.8. The molecule has 0 fully saturated rings. The number of halogens is 2. The molecule has 0 bridgehead atoms. The molecule has 4 heteroatoms. The summed E-state index contributed by atoms with van der Waals surface area (Å²) in [6.45, 7) is -2.79. The van der Waals surface area contributed by atoms with Crippen LogP contribution in [0.2, 0.25) is 0 Å². The molecule has 1 rings (SSSR count). The van der Waals surface area contributed by atoms with Crippen molar-refractivity contribution >= 4 is 34.6 Å². The highest BCUT2D eigenvalue weighted by Gasteiger charge is 2.18. The summed E-state index contributed by atoms with van der Waals surface area (Å²) in [5.74, 6) is 0. The van der Waals surface area contributed by atoms with Gasteiger partial charge in [-0.3, -0.25) is 0 Å². The number of hydrogen-bond acceptors (Lipinski definition) is 1. The van der Waals surface area contributed by atoms with Crippen LogP contribution >= 0.6 is 29.3 Å². The summed E-state index contributed by atoms with van der Waals surface area (Å²) in [7, 11) is 0. The molecular weight excluding hydrogens is 202 g/mol. The molecule has 0 spiro atoms. The largest absolute Gasteiger partial charge is 0.300 e. The fraction of sp³-hybridized carbons (Fsp3) is 0.143. The van der Waals surface area contributed by atoms with Crippen molar-refractivity contribution in [2.24, 2.45) is 0 Å². The topological polar surface area (TPSA) is 17.1 Å². The van der Waals surface area contributed by atoms with E-state index in [1.165, 1.54) is 0 Å². The number of rotatable bonds is 2. The summed E-state index contributed by atoms with van der Waals surface area (Å²) in [5.41, 5.74) is -0.0153. The van der Waals surface area contributed by atoms with E-state index in [2.05, 4.69) is 0 Å². The monoisotopic (exact) mass is 208 g/mol. The maximum absolute atomic E-state index is 11.4. The first-order valence-corrected chi connectivity index (χ1v) is 6.40. The quantitative estimate of drug-likeness (QED) is 0.540. The van der Waals surface area contributed by atoms with E-state index in [4.69, 9.17) is 22.8 Å². The van der Waals surface area contributed by atoms with Gasteiger partial charge in [0.15, 0.2) is 0 Å². The van der Waals surface area contributed by atoms with Crippen LogP contribution in [0.3, 0.4) is 0 Å². The van der Waals surface area contributed by atoms with Gasteiger partial charge in [-0.1, -0.05) is 30.3 Å². The van der Waals surface area contributed by atoms with E-state index in [-0.39, 0.29) is 5.62 Å². The predicted octanol–water partition coefficient (Wildman–Crippen LogP) is 3.03. The number of benzene rings is 1. The maximum Gasteiger partial charge on any atom is 0.211 e. The summed E-state index contributed by atoms with van der Waals surface area (Å²) >= 11 is 11.1. The smallest absolute Gasteiger partial charge is 0.211 e. The molecule has 0 radical (unpaired) electrons.